The Morgan fingerprint density at radius 2 is 2.29 bits per heavy atom. The Morgan fingerprint density at radius 3 is 2.88 bits per heavy atom. The molecule has 17 heavy (non-hydrogen) atoms. The molecule has 4 N–H and O–H groups in total. The van der Waals surface area contributed by atoms with E-state index in [9.17, 15) is 14.7 Å². The van der Waals surface area contributed by atoms with Gasteiger partial charge in [0.15, 0.2) is 0 Å². The molecule has 6 nitrogen and oxygen atoms in total. The van der Waals surface area contributed by atoms with E-state index in [2.05, 4.69) is 5.32 Å². The van der Waals surface area contributed by atoms with Gasteiger partial charge in [0.1, 0.15) is 11.8 Å². The Hall–Kier alpha value is -2.24. The predicted molar refractivity (Wildman–Crippen MR) is 59.3 cm³/mol. The summed E-state index contributed by atoms with van der Waals surface area (Å²) in [6, 6.07) is 3.54. The highest BCUT2D eigenvalue weighted by molar-refractivity contribution is 5.99. The number of nitrogen functional groups attached to an aromatic ring is 1. The smallest absolute Gasteiger partial charge is 0.328 e. The van der Waals surface area contributed by atoms with Gasteiger partial charge in [-0.2, -0.15) is 0 Å². The van der Waals surface area contributed by atoms with Crippen molar-refractivity contribution >= 4 is 17.6 Å². The highest BCUT2D eigenvalue weighted by atomic mass is 16.5. The SMILES string of the molecule is Nc1ccc(C(=O)NC2CCOC2=O)c(O)c1. The fourth-order valence-electron chi connectivity index (χ4n) is 1.60. The Morgan fingerprint density at radius 1 is 1.53 bits per heavy atom. The molecular weight excluding hydrogens is 224 g/mol. The van der Waals surface area contributed by atoms with Crippen LogP contribution in [0.15, 0.2) is 18.2 Å². The molecule has 1 heterocycles. The third-order valence-corrected chi connectivity index (χ3v) is 2.51. The highest BCUT2D eigenvalue weighted by Crippen LogP contribution is 2.20. The first-order valence-corrected chi connectivity index (χ1v) is 5.14. The van der Waals surface area contributed by atoms with Gasteiger partial charge in [0.2, 0.25) is 0 Å². The molecule has 0 aliphatic carbocycles. The van der Waals surface area contributed by atoms with E-state index in [1.807, 2.05) is 0 Å². The van der Waals surface area contributed by atoms with Gasteiger partial charge in [-0.25, -0.2) is 4.79 Å². The number of benzene rings is 1. The van der Waals surface area contributed by atoms with Gasteiger partial charge in [-0.3, -0.25) is 4.79 Å². The Bertz CT molecular complexity index is 473. The number of hydrogen-bond acceptors (Lipinski definition) is 5. The molecule has 1 unspecified atom stereocenters. The third-order valence-electron chi connectivity index (χ3n) is 2.51. The van der Waals surface area contributed by atoms with Crippen LogP contribution in [0.4, 0.5) is 5.69 Å². The molecule has 0 saturated carbocycles. The number of nitrogens with two attached hydrogens (primary N) is 1. The number of anilines is 1. The summed E-state index contributed by atoms with van der Waals surface area (Å²) in [4.78, 5) is 22.9. The second-order valence-electron chi connectivity index (χ2n) is 3.76. The fourth-order valence-corrected chi connectivity index (χ4v) is 1.60. The number of amides is 1. The average molecular weight is 236 g/mol. The molecule has 1 atom stereocenters. The largest absolute Gasteiger partial charge is 0.507 e. The van der Waals surface area contributed by atoms with E-state index < -0.39 is 17.9 Å². The lowest BCUT2D eigenvalue weighted by Crippen LogP contribution is -2.37. The minimum Gasteiger partial charge on any atom is -0.507 e. The van der Waals surface area contributed by atoms with Gasteiger partial charge in [-0.1, -0.05) is 0 Å². The van der Waals surface area contributed by atoms with E-state index in [0.717, 1.165) is 0 Å². The van der Waals surface area contributed by atoms with Gasteiger partial charge < -0.3 is 20.9 Å². The summed E-state index contributed by atoms with van der Waals surface area (Å²) in [5, 5.41) is 12.0. The summed E-state index contributed by atoms with van der Waals surface area (Å²) >= 11 is 0. The quantitative estimate of drug-likeness (QED) is 0.496. The molecule has 1 amide bonds. The van der Waals surface area contributed by atoms with E-state index in [0.29, 0.717) is 18.7 Å². The molecule has 1 fully saturated rings. The number of nitrogens with one attached hydrogen (secondary N) is 1. The van der Waals surface area contributed by atoms with Crippen LogP contribution in [0.3, 0.4) is 0 Å². The zero-order valence-electron chi connectivity index (χ0n) is 8.97. The predicted octanol–water partition coefficient (Wildman–Crippen LogP) is 0.0197. The molecule has 0 spiro atoms. The second-order valence-corrected chi connectivity index (χ2v) is 3.76. The van der Waals surface area contributed by atoms with Crippen molar-refractivity contribution in [1.82, 2.24) is 5.32 Å². The zero-order chi connectivity index (χ0) is 12.4. The van der Waals surface area contributed by atoms with Crippen LogP contribution < -0.4 is 11.1 Å². The van der Waals surface area contributed by atoms with Crippen LogP contribution in [0.25, 0.3) is 0 Å². The molecule has 0 radical (unpaired) electrons. The van der Waals surface area contributed by atoms with Gasteiger partial charge >= 0.3 is 5.97 Å². The van der Waals surface area contributed by atoms with Crippen LogP contribution in [0.5, 0.6) is 5.75 Å². The molecule has 0 aromatic heterocycles. The first-order valence-electron chi connectivity index (χ1n) is 5.14. The summed E-state index contributed by atoms with van der Waals surface area (Å²) in [6.07, 6.45) is 0.445. The van der Waals surface area contributed by atoms with Gasteiger partial charge in [0.05, 0.1) is 12.2 Å². The number of ether oxygens (including phenoxy) is 1. The first kappa shape index (κ1) is 11.3. The van der Waals surface area contributed by atoms with Crippen molar-refractivity contribution in [2.24, 2.45) is 0 Å². The van der Waals surface area contributed by atoms with Crippen molar-refractivity contribution in [2.45, 2.75) is 12.5 Å². The Balaban J connectivity index is 2.11. The topological polar surface area (TPSA) is 102 Å². The van der Waals surface area contributed by atoms with Crippen LogP contribution in [0.1, 0.15) is 16.8 Å². The van der Waals surface area contributed by atoms with E-state index >= 15 is 0 Å². The number of aromatic hydroxyl groups is 1. The molecule has 1 aliphatic rings. The maximum absolute atomic E-state index is 11.8. The number of cyclic esters (lactones) is 1. The number of carbonyl (C=O) groups excluding carboxylic acids is 2. The van der Waals surface area contributed by atoms with Gasteiger partial charge in [0.25, 0.3) is 5.91 Å². The molecule has 1 aromatic carbocycles. The molecule has 6 heteroatoms. The van der Waals surface area contributed by atoms with Crippen LogP contribution in [-0.2, 0) is 9.53 Å². The zero-order valence-corrected chi connectivity index (χ0v) is 8.97. The lowest BCUT2D eigenvalue weighted by molar-refractivity contribution is -0.139. The van der Waals surface area contributed by atoms with Crippen molar-refractivity contribution in [2.75, 3.05) is 12.3 Å². The van der Waals surface area contributed by atoms with Crippen molar-refractivity contribution in [3.05, 3.63) is 23.8 Å². The Kier molecular flexibility index (Phi) is 2.86. The number of phenolic OH excluding ortho intramolecular Hbond substituents is 1. The van der Waals surface area contributed by atoms with E-state index in [4.69, 9.17) is 10.5 Å². The summed E-state index contributed by atoms with van der Waals surface area (Å²) in [7, 11) is 0. The molecule has 2 rings (SSSR count). The molecular formula is C11H12N2O4. The lowest BCUT2D eigenvalue weighted by atomic mass is 10.1. The molecule has 90 valence electrons. The molecule has 1 aliphatic heterocycles. The number of phenols is 1. The monoisotopic (exact) mass is 236 g/mol. The maximum atomic E-state index is 11.8. The van der Waals surface area contributed by atoms with E-state index in [-0.39, 0.29) is 11.3 Å². The number of rotatable bonds is 2. The number of hydrogen-bond donors (Lipinski definition) is 3. The average Bonchev–Trinajstić information content (AvgIpc) is 2.64. The van der Waals surface area contributed by atoms with Crippen molar-refractivity contribution < 1.29 is 19.4 Å². The molecule has 0 bridgehead atoms. The molecule has 1 saturated heterocycles. The van der Waals surface area contributed by atoms with E-state index in [1.165, 1.54) is 18.2 Å². The molecule has 1 aromatic rings. The van der Waals surface area contributed by atoms with Crippen LogP contribution in [0.2, 0.25) is 0 Å². The minimum absolute atomic E-state index is 0.0823. The maximum Gasteiger partial charge on any atom is 0.328 e. The fraction of sp³-hybridized carbons (Fsp3) is 0.273. The lowest BCUT2D eigenvalue weighted by Gasteiger charge is -2.10. The van der Waals surface area contributed by atoms with Gasteiger partial charge in [-0.15, -0.1) is 0 Å². The second kappa shape index (κ2) is 4.32. The first-order chi connectivity index (χ1) is 8.08. The van der Waals surface area contributed by atoms with Gasteiger partial charge in [-0.05, 0) is 12.1 Å². The van der Waals surface area contributed by atoms with Gasteiger partial charge in [0, 0.05) is 18.2 Å². The van der Waals surface area contributed by atoms with Crippen molar-refractivity contribution in [3.63, 3.8) is 0 Å². The standard InChI is InChI=1S/C11H12N2O4/c12-6-1-2-7(9(14)5-6)10(15)13-8-3-4-17-11(8)16/h1-2,5,8,14H,3-4,12H2,(H,13,15). The minimum atomic E-state index is -0.639. The van der Waals surface area contributed by atoms with Crippen LogP contribution in [0, 0.1) is 0 Å². The summed E-state index contributed by atoms with van der Waals surface area (Å²) < 4.78 is 4.72. The van der Waals surface area contributed by atoms with Crippen LogP contribution >= 0.6 is 0 Å². The number of carbonyl (C=O) groups is 2. The van der Waals surface area contributed by atoms with Crippen molar-refractivity contribution in [1.29, 1.82) is 0 Å². The van der Waals surface area contributed by atoms with Crippen molar-refractivity contribution in [3.8, 4) is 5.75 Å². The highest BCUT2D eigenvalue weighted by Gasteiger charge is 2.28. The Labute approximate surface area is 97.4 Å². The van der Waals surface area contributed by atoms with E-state index in [1.54, 1.807) is 0 Å². The summed E-state index contributed by atoms with van der Waals surface area (Å²) in [5.41, 5.74) is 5.89. The normalized spacial score (nSPS) is 18.8. The summed E-state index contributed by atoms with van der Waals surface area (Å²) in [5.74, 6) is -1.19. The van der Waals surface area contributed by atoms with Crippen LogP contribution in [-0.4, -0.2) is 29.6 Å². The number of esters is 1. The third kappa shape index (κ3) is 2.30. The summed E-state index contributed by atoms with van der Waals surface area (Å²) in [6.45, 7) is 0.303.